The van der Waals surface area contributed by atoms with E-state index in [1.165, 1.54) is 43.5 Å². The first-order valence-electron chi connectivity index (χ1n) is 10.0. The fraction of sp³-hybridized carbons (Fsp3) is 0.167. The van der Waals surface area contributed by atoms with Gasteiger partial charge in [-0.25, -0.2) is 4.79 Å². The van der Waals surface area contributed by atoms with Gasteiger partial charge in [0.1, 0.15) is 17.3 Å². The van der Waals surface area contributed by atoms with Crippen molar-refractivity contribution in [3.63, 3.8) is 0 Å². The zero-order valence-electron chi connectivity index (χ0n) is 17.8. The van der Waals surface area contributed by atoms with Crippen molar-refractivity contribution >= 4 is 22.2 Å². The lowest BCUT2D eigenvalue weighted by Gasteiger charge is -2.16. The molecule has 1 unspecified atom stereocenters. The quantitative estimate of drug-likeness (QED) is 0.377. The molecular formula is C24H23NO7S. The molecule has 0 saturated heterocycles. The highest BCUT2D eigenvalue weighted by molar-refractivity contribution is 7.87. The SMILES string of the molecule is COC(=O)C(CNC(=O)OCc1ccccc1)c1ccc(OS(=O)(=O)c2ccccc2)cc1. The molecule has 0 fully saturated rings. The lowest BCUT2D eigenvalue weighted by Crippen LogP contribution is -2.32. The van der Waals surface area contributed by atoms with Gasteiger partial charge in [0, 0.05) is 6.54 Å². The van der Waals surface area contributed by atoms with Crippen molar-refractivity contribution in [2.75, 3.05) is 13.7 Å². The second-order valence-electron chi connectivity index (χ2n) is 6.94. The summed E-state index contributed by atoms with van der Waals surface area (Å²) in [5, 5.41) is 2.55. The summed E-state index contributed by atoms with van der Waals surface area (Å²) in [5.74, 6) is -1.30. The number of carbonyl (C=O) groups excluding carboxylic acids is 2. The first kappa shape index (κ1) is 23.8. The minimum absolute atomic E-state index is 0.0275. The Morgan fingerprint density at radius 1 is 0.879 bits per heavy atom. The van der Waals surface area contributed by atoms with Crippen LogP contribution in [-0.4, -0.2) is 34.1 Å². The number of nitrogens with one attached hydrogen (secondary N) is 1. The van der Waals surface area contributed by atoms with E-state index in [-0.39, 0.29) is 23.8 Å². The number of hydrogen-bond donors (Lipinski definition) is 1. The largest absolute Gasteiger partial charge is 0.468 e. The van der Waals surface area contributed by atoms with E-state index in [0.29, 0.717) is 5.56 Å². The topological polar surface area (TPSA) is 108 Å². The van der Waals surface area contributed by atoms with Crippen LogP contribution in [0, 0.1) is 0 Å². The smallest absolute Gasteiger partial charge is 0.407 e. The summed E-state index contributed by atoms with van der Waals surface area (Å²) in [4.78, 5) is 24.3. The zero-order valence-corrected chi connectivity index (χ0v) is 18.7. The average molecular weight is 470 g/mol. The molecule has 1 atom stereocenters. The second-order valence-corrected chi connectivity index (χ2v) is 8.48. The number of benzene rings is 3. The molecule has 0 spiro atoms. The molecule has 0 saturated carbocycles. The molecule has 8 nitrogen and oxygen atoms in total. The fourth-order valence-corrected chi connectivity index (χ4v) is 3.91. The maximum Gasteiger partial charge on any atom is 0.407 e. The Morgan fingerprint density at radius 3 is 2.09 bits per heavy atom. The van der Waals surface area contributed by atoms with E-state index in [1.807, 2.05) is 30.3 Å². The highest BCUT2D eigenvalue weighted by Gasteiger charge is 2.23. The summed E-state index contributed by atoms with van der Waals surface area (Å²) in [5.41, 5.74) is 1.34. The number of ether oxygens (including phenoxy) is 2. The number of esters is 1. The van der Waals surface area contributed by atoms with Crippen molar-refractivity contribution in [1.82, 2.24) is 5.32 Å². The van der Waals surface area contributed by atoms with Crippen LogP contribution in [0.25, 0.3) is 0 Å². The van der Waals surface area contributed by atoms with Crippen LogP contribution in [0.4, 0.5) is 4.79 Å². The predicted octanol–water partition coefficient (Wildman–Crippen LogP) is 3.64. The Hall–Kier alpha value is -3.85. The molecule has 0 aliphatic heterocycles. The van der Waals surface area contributed by atoms with Gasteiger partial charge < -0.3 is 19.0 Å². The van der Waals surface area contributed by atoms with E-state index >= 15 is 0 Å². The summed E-state index contributed by atoms with van der Waals surface area (Å²) in [7, 11) is -2.74. The number of alkyl carbamates (subject to hydrolysis) is 1. The molecular weight excluding hydrogens is 446 g/mol. The van der Waals surface area contributed by atoms with E-state index in [2.05, 4.69) is 5.32 Å². The predicted molar refractivity (Wildman–Crippen MR) is 120 cm³/mol. The number of carbonyl (C=O) groups is 2. The second kappa shape index (κ2) is 11.1. The minimum Gasteiger partial charge on any atom is -0.468 e. The van der Waals surface area contributed by atoms with E-state index in [4.69, 9.17) is 13.7 Å². The van der Waals surface area contributed by atoms with Crippen LogP contribution in [0.5, 0.6) is 5.75 Å². The third-order valence-corrected chi connectivity index (χ3v) is 5.93. The molecule has 0 aliphatic rings. The first-order chi connectivity index (χ1) is 15.9. The van der Waals surface area contributed by atoms with Crippen molar-refractivity contribution in [2.45, 2.75) is 17.4 Å². The van der Waals surface area contributed by atoms with Crippen molar-refractivity contribution < 1.29 is 31.7 Å². The van der Waals surface area contributed by atoms with Gasteiger partial charge in [-0.3, -0.25) is 4.79 Å². The third kappa shape index (κ3) is 6.81. The van der Waals surface area contributed by atoms with Crippen LogP contribution in [-0.2, 0) is 31.0 Å². The van der Waals surface area contributed by atoms with Crippen molar-refractivity contribution in [3.8, 4) is 5.75 Å². The molecule has 33 heavy (non-hydrogen) atoms. The van der Waals surface area contributed by atoms with Crippen LogP contribution >= 0.6 is 0 Å². The fourth-order valence-electron chi connectivity index (χ4n) is 2.96. The molecule has 0 aromatic heterocycles. The average Bonchev–Trinajstić information content (AvgIpc) is 2.84. The van der Waals surface area contributed by atoms with E-state index in [0.717, 1.165) is 5.56 Å². The molecule has 172 valence electrons. The maximum atomic E-state index is 12.4. The Bertz CT molecular complexity index is 1160. The summed E-state index contributed by atoms with van der Waals surface area (Å²) in [6, 6.07) is 22.9. The normalized spacial score (nSPS) is 11.8. The van der Waals surface area contributed by atoms with Crippen molar-refractivity contribution in [2.24, 2.45) is 0 Å². The van der Waals surface area contributed by atoms with Gasteiger partial charge in [0.15, 0.2) is 0 Å². The van der Waals surface area contributed by atoms with Crippen LogP contribution in [0.3, 0.4) is 0 Å². The van der Waals surface area contributed by atoms with Gasteiger partial charge in [-0.1, -0.05) is 60.7 Å². The Balaban J connectivity index is 1.62. The van der Waals surface area contributed by atoms with Gasteiger partial charge in [0.2, 0.25) is 0 Å². The van der Waals surface area contributed by atoms with Crippen molar-refractivity contribution in [1.29, 1.82) is 0 Å². The minimum atomic E-state index is -3.98. The molecule has 0 bridgehead atoms. The lowest BCUT2D eigenvalue weighted by atomic mass is 9.99. The molecule has 0 heterocycles. The Kier molecular flexibility index (Phi) is 8.04. The van der Waals surface area contributed by atoms with Gasteiger partial charge in [0.25, 0.3) is 0 Å². The number of rotatable bonds is 9. The van der Waals surface area contributed by atoms with E-state index < -0.39 is 28.1 Å². The summed E-state index contributed by atoms with van der Waals surface area (Å²) >= 11 is 0. The summed E-state index contributed by atoms with van der Waals surface area (Å²) in [6.07, 6.45) is -0.679. The zero-order chi connectivity index (χ0) is 23.7. The summed E-state index contributed by atoms with van der Waals surface area (Å²) < 4.78 is 39.9. The number of methoxy groups -OCH3 is 1. The molecule has 9 heteroatoms. The molecule has 0 radical (unpaired) electrons. The third-order valence-electron chi connectivity index (χ3n) is 4.67. The van der Waals surface area contributed by atoms with Crippen LogP contribution < -0.4 is 9.50 Å². The van der Waals surface area contributed by atoms with Gasteiger partial charge in [-0.15, -0.1) is 0 Å². The molecule has 1 amide bonds. The van der Waals surface area contributed by atoms with Gasteiger partial charge in [-0.05, 0) is 35.4 Å². The molecule has 0 aliphatic carbocycles. The van der Waals surface area contributed by atoms with Gasteiger partial charge >= 0.3 is 22.2 Å². The maximum absolute atomic E-state index is 12.4. The monoisotopic (exact) mass is 469 g/mol. The van der Waals surface area contributed by atoms with Gasteiger partial charge in [-0.2, -0.15) is 8.42 Å². The van der Waals surface area contributed by atoms with E-state index in [1.54, 1.807) is 18.2 Å². The lowest BCUT2D eigenvalue weighted by molar-refractivity contribution is -0.142. The molecule has 3 aromatic rings. The molecule has 3 aromatic carbocycles. The van der Waals surface area contributed by atoms with Crippen molar-refractivity contribution in [3.05, 3.63) is 96.1 Å². The number of hydrogen-bond acceptors (Lipinski definition) is 7. The first-order valence-corrected chi connectivity index (χ1v) is 11.4. The number of amides is 1. The van der Waals surface area contributed by atoms with Gasteiger partial charge in [0.05, 0.1) is 13.0 Å². The molecule has 1 N–H and O–H groups in total. The standard InChI is InChI=1S/C24H23NO7S/c1-30-23(26)22(16-25-24(27)31-17-18-8-4-2-5-9-18)19-12-14-20(15-13-19)32-33(28,29)21-10-6-3-7-11-21/h2-15,22H,16-17H2,1H3,(H,25,27). The molecule has 3 rings (SSSR count). The van der Waals surface area contributed by atoms with Crippen LogP contribution in [0.2, 0.25) is 0 Å². The summed E-state index contributed by atoms with van der Waals surface area (Å²) in [6.45, 7) is 0.0281. The van der Waals surface area contributed by atoms with E-state index in [9.17, 15) is 18.0 Å². The highest BCUT2D eigenvalue weighted by Crippen LogP contribution is 2.23. The van der Waals surface area contributed by atoms with Crippen LogP contribution in [0.15, 0.2) is 89.8 Å². The Morgan fingerprint density at radius 2 is 1.48 bits per heavy atom. The highest BCUT2D eigenvalue weighted by atomic mass is 32.2. The Labute approximate surface area is 192 Å². The van der Waals surface area contributed by atoms with Crippen LogP contribution in [0.1, 0.15) is 17.0 Å².